The van der Waals surface area contributed by atoms with Crippen LogP contribution >= 0.6 is 23.1 Å². The highest BCUT2D eigenvalue weighted by Gasteiger charge is 2.18. The van der Waals surface area contributed by atoms with Crippen LogP contribution in [0.3, 0.4) is 0 Å². The van der Waals surface area contributed by atoms with Crippen molar-refractivity contribution in [3.63, 3.8) is 0 Å². The van der Waals surface area contributed by atoms with Crippen LogP contribution < -0.4 is 10.0 Å². The van der Waals surface area contributed by atoms with Crippen molar-refractivity contribution in [2.24, 2.45) is 0 Å². The van der Waals surface area contributed by atoms with E-state index < -0.39 is 10.0 Å². The van der Waals surface area contributed by atoms with Crippen LogP contribution in [-0.4, -0.2) is 33.5 Å². The second-order valence-corrected chi connectivity index (χ2v) is 7.98. The van der Waals surface area contributed by atoms with Crippen molar-refractivity contribution in [1.82, 2.24) is 10.0 Å². The molecule has 7 heteroatoms. The van der Waals surface area contributed by atoms with Gasteiger partial charge in [-0.25, -0.2) is 13.1 Å². The molecule has 0 aliphatic heterocycles. The van der Waals surface area contributed by atoms with E-state index in [1.165, 1.54) is 11.3 Å². The first-order chi connectivity index (χ1) is 8.51. The molecule has 0 fully saturated rings. The van der Waals surface area contributed by atoms with Crippen molar-refractivity contribution in [2.75, 3.05) is 19.8 Å². The van der Waals surface area contributed by atoms with Crippen molar-refractivity contribution in [2.45, 2.75) is 30.0 Å². The van der Waals surface area contributed by atoms with Gasteiger partial charge in [-0.2, -0.15) is 11.8 Å². The van der Waals surface area contributed by atoms with Crippen LogP contribution in [-0.2, 0) is 16.6 Å². The Morgan fingerprint density at radius 2 is 2.22 bits per heavy atom. The molecule has 0 bridgehead atoms. The van der Waals surface area contributed by atoms with Gasteiger partial charge in [-0.05, 0) is 31.2 Å². The first kappa shape index (κ1) is 16.0. The molecule has 0 aliphatic carbocycles. The number of hydrogen-bond donors (Lipinski definition) is 2. The minimum absolute atomic E-state index is 0.402. The minimum atomic E-state index is -3.36. The summed E-state index contributed by atoms with van der Waals surface area (Å²) in [6.45, 7) is 3.16. The van der Waals surface area contributed by atoms with Gasteiger partial charge in [0.25, 0.3) is 0 Å². The average Bonchev–Trinajstić information content (AvgIpc) is 2.78. The Morgan fingerprint density at radius 1 is 1.50 bits per heavy atom. The fourth-order valence-electron chi connectivity index (χ4n) is 1.45. The Morgan fingerprint density at radius 3 is 2.83 bits per heavy atom. The van der Waals surface area contributed by atoms with Gasteiger partial charge in [-0.1, -0.05) is 6.92 Å². The standard InChI is InChI=1S/C11H20N2O2S3/c1-9(16-3)4-6-13-18(14,15)11-5-7-17-10(11)8-12-2/h5,7,9,12-13H,4,6,8H2,1-3H3. The van der Waals surface area contributed by atoms with E-state index in [4.69, 9.17) is 0 Å². The third kappa shape index (κ3) is 4.55. The second-order valence-electron chi connectivity index (χ2n) is 3.97. The summed E-state index contributed by atoms with van der Waals surface area (Å²) in [6.07, 6.45) is 2.87. The van der Waals surface area contributed by atoms with E-state index in [0.29, 0.717) is 23.2 Å². The van der Waals surface area contributed by atoms with Crippen molar-refractivity contribution in [3.05, 3.63) is 16.3 Å². The number of sulfonamides is 1. The largest absolute Gasteiger partial charge is 0.315 e. The summed E-state index contributed by atoms with van der Waals surface area (Å²) >= 11 is 3.20. The molecule has 1 rings (SSSR count). The van der Waals surface area contributed by atoms with Crippen LogP contribution in [0.1, 0.15) is 18.2 Å². The van der Waals surface area contributed by atoms with Gasteiger partial charge in [0.15, 0.2) is 0 Å². The molecule has 1 aromatic rings. The summed E-state index contributed by atoms with van der Waals surface area (Å²) < 4.78 is 26.9. The summed E-state index contributed by atoms with van der Waals surface area (Å²) in [5.41, 5.74) is 0. The van der Waals surface area contributed by atoms with Crippen molar-refractivity contribution in [1.29, 1.82) is 0 Å². The number of rotatable bonds is 8. The monoisotopic (exact) mass is 308 g/mol. The van der Waals surface area contributed by atoms with E-state index in [0.717, 1.165) is 11.3 Å². The Bertz CT molecular complexity index is 457. The Kier molecular flexibility index (Phi) is 6.65. The number of hydrogen-bond acceptors (Lipinski definition) is 5. The van der Waals surface area contributed by atoms with Gasteiger partial charge < -0.3 is 5.32 Å². The average molecular weight is 308 g/mol. The number of thioether (sulfide) groups is 1. The third-order valence-corrected chi connectivity index (χ3v) is 6.21. The molecular weight excluding hydrogens is 288 g/mol. The highest BCUT2D eigenvalue weighted by atomic mass is 32.2. The normalized spacial score (nSPS) is 13.7. The number of thiophene rings is 1. The van der Waals surface area contributed by atoms with Crippen molar-refractivity contribution < 1.29 is 8.42 Å². The molecule has 1 heterocycles. The van der Waals surface area contributed by atoms with E-state index in [2.05, 4.69) is 17.0 Å². The lowest BCUT2D eigenvalue weighted by molar-refractivity contribution is 0.578. The van der Waals surface area contributed by atoms with Crippen LogP contribution in [0.15, 0.2) is 16.3 Å². The highest BCUT2D eigenvalue weighted by Crippen LogP contribution is 2.21. The molecule has 0 radical (unpaired) electrons. The predicted octanol–water partition coefficient (Wildman–Crippen LogP) is 1.89. The quantitative estimate of drug-likeness (QED) is 0.770. The molecule has 104 valence electrons. The number of nitrogens with one attached hydrogen (secondary N) is 2. The molecule has 0 saturated heterocycles. The highest BCUT2D eigenvalue weighted by molar-refractivity contribution is 7.99. The smallest absolute Gasteiger partial charge is 0.241 e. The molecule has 0 saturated carbocycles. The summed E-state index contributed by atoms with van der Waals surface area (Å²) in [5.74, 6) is 0. The lowest BCUT2D eigenvalue weighted by Crippen LogP contribution is -2.27. The second kappa shape index (κ2) is 7.49. The van der Waals surface area contributed by atoms with Gasteiger partial charge in [0.1, 0.15) is 0 Å². The maximum atomic E-state index is 12.1. The lowest BCUT2D eigenvalue weighted by atomic mass is 10.3. The Hall–Kier alpha value is -0.0800. The first-order valence-corrected chi connectivity index (χ1v) is 9.39. The molecule has 0 aliphatic rings. The molecule has 18 heavy (non-hydrogen) atoms. The maximum Gasteiger partial charge on any atom is 0.241 e. The fourth-order valence-corrected chi connectivity index (χ4v) is 4.30. The van der Waals surface area contributed by atoms with Crippen molar-refractivity contribution >= 4 is 33.1 Å². The van der Waals surface area contributed by atoms with Crippen LogP contribution in [0.25, 0.3) is 0 Å². The topological polar surface area (TPSA) is 58.2 Å². The molecule has 0 aromatic carbocycles. The zero-order valence-electron chi connectivity index (χ0n) is 10.9. The van der Waals surface area contributed by atoms with Gasteiger partial charge in [-0.15, -0.1) is 11.3 Å². The van der Waals surface area contributed by atoms with Gasteiger partial charge in [-0.3, -0.25) is 0 Å². The van der Waals surface area contributed by atoms with E-state index in [9.17, 15) is 8.42 Å². The molecule has 1 aromatic heterocycles. The van der Waals surface area contributed by atoms with Crippen molar-refractivity contribution in [3.8, 4) is 0 Å². The molecule has 2 N–H and O–H groups in total. The molecule has 0 spiro atoms. The van der Waals surface area contributed by atoms with Gasteiger partial charge in [0.2, 0.25) is 10.0 Å². The Balaban J connectivity index is 2.65. The molecule has 4 nitrogen and oxygen atoms in total. The summed E-state index contributed by atoms with van der Waals surface area (Å²) in [5, 5.41) is 5.26. The van der Waals surface area contributed by atoms with Crippen LogP contribution in [0.2, 0.25) is 0 Å². The van der Waals surface area contributed by atoms with E-state index in [-0.39, 0.29) is 0 Å². The van der Waals surface area contributed by atoms with E-state index in [1.54, 1.807) is 17.8 Å². The van der Waals surface area contributed by atoms with Gasteiger partial charge >= 0.3 is 0 Å². The summed E-state index contributed by atoms with van der Waals surface area (Å²) in [6, 6.07) is 1.66. The summed E-state index contributed by atoms with van der Waals surface area (Å²) in [7, 11) is -1.55. The van der Waals surface area contributed by atoms with E-state index in [1.807, 2.05) is 18.7 Å². The van der Waals surface area contributed by atoms with E-state index >= 15 is 0 Å². The predicted molar refractivity (Wildman–Crippen MR) is 79.9 cm³/mol. The van der Waals surface area contributed by atoms with Crippen LogP contribution in [0.4, 0.5) is 0 Å². The molecular formula is C11H20N2O2S3. The molecule has 0 amide bonds. The van der Waals surface area contributed by atoms with Gasteiger partial charge in [0.05, 0.1) is 4.90 Å². The zero-order chi connectivity index (χ0) is 13.6. The maximum absolute atomic E-state index is 12.1. The summed E-state index contributed by atoms with van der Waals surface area (Å²) in [4.78, 5) is 1.25. The van der Waals surface area contributed by atoms with Gasteiger partial charge in [0, 0.05) is 23.2 Å². The fraction of sp³-hybridized carbons (Fsp3) is 0.636. The molecule has 1 unspecified atom stereocenters. The lowest BCUT2D eigenvalue weighted by Gasteiger charge is -2.10. The third-order valence-electron chi connectivity index (χ3n) is 2.58. The SMILES string of the molecule is CNCc1sccc1S(=O)(=O)NCCC(C)SC. The Labute approximate surface area is 118 Å². The first-order valence-electron chi connectivity index (χ1n) is 5.74. The zero-order valence-corrected chi connectivity index (χ0v) is 13.3. The molecule has 1 atom stereocenters. The van der Waals surface area contributed by atoms with Crippen LogP contribution in [0, 0.1) is 0 Å². The van der Waals surface area contributed by atoms with Crippen LogP contribution in [0.5, 0.6) is 0 Å². The minimum Gasteiger partial charge on any atom is -0.315 e.